The highest BCUT2D eigenvalue weighted by Crippen LogP contribution is 2.16. The minimum atomic E-state index is -0.356. The van der Waals surface area contributed by atoms with E-state index in [-0.39, 0.29) is 17.8 Å². The van der Waals surface area contributed by atoms with E-state index in [9.17, 15) is 9.18 Å². The number of aryl methyl sites for hydroxylation is 1. The number of carbonyl (C=O) groups excluding carboxylic acids is 1. The van der Waals surface area contributed by atoms with Gasteiger partial charge in [0.05, 0.1) is 0 Å². The number of nitrogens with zero attached hydrogens (tertiary/aromatic N) is 1. The van der Waals surface area contributed by atoms with Crippen LogP contribution in [0.15, 0.2) is 18.2 Å². The summed E-state index contributed by atoms with van der Waals surface area (Å²) in [6.07, 6.45) is 0.733. The molecule has 0 radical (unpaired) electrons. The van der Waals surface area contributed by atoms with Gasteiger partial charge < -0.3 is 4.90 Å². The van der Waals surface area contributed by atoms with Gasteiger partial charge in [0.25, 0.3) is 5.91 Å². The van der Waals surface area contributed by atoms with Crippen LogP contribution in [0.25, 0.3) is 0 Å². The summed E-state index contributed by atoms with van der Waals surface area (Å²) >= 11 is 0. The van der Waals surface area contributed by atoms with Gasteiger partial charge in [0.2, 0.25) is 0 Å². The van der Waals surface area contributed by atoms with Crippen molar-refractivity contribution in [3.05, 3.63) is 35.1 Å². The van der Waals surface area contributed by atoms with Gasteiger partial charge in [-0.2, -0.15) is 0 Å². The van der Waals surface area contributed by atoms with E-state index in [1.165, 1.54) is 12.1 Å². The maximum absolute atomic E-state index is 13.2. The van der Waals surface area contributed by atoms with E-state index in [0.29, 0.717) is 12.1 Å². The van der Waals surface area contributed by atoms with Gasteiger partial charge in [-0.1, -0.05) is 13.0 Å². The average molecular weight is 237 g/mol. The van der Waals surface area contributed by atoms with Crippen molar-refractivity contribution in [2.45, 2.75) is 40.2 Å². The number of hydrogen-bond donors (Lipinski definition) is 0. The van der Waals surface area contributed by atoms with E-state index < -0.39 is 0 Å². The molecule has 0 aliphatic heterocycles. The van der Waals surface area contributed by atoms with Crippen LogP contribution in [0.4, 0.5) is 4.39 Å². The maximum Gasteiger partial charge on any atom is 0.254 e. The molecule has 0 atom stereocenters. The molecule has 1 aromatic carbocycles. The molecule has 1 aromatic rings. The molecule has 94 valence electrons. The van der Waals surface area contributed by atoms with Gasteiger partial charge >= 0.3 is 0 Å². The van der Waals surface area contributed by atoms with Gasteiger partial charge in [0.15, 0.2) is 0 Å². The van der Waals surface area contributed by atoms with Gasteiger partial charge in [-0.05, 0) is 44.9 Å². The van der Waals surface area contributed by atoms with Crippen LogP contribution >= 0.6 is 0 Å². The lowest BCUT2D eigenvalue weighted by molar-refractivity contribution is 0.0715. The Morgan fingerprint density at radius 3 is 2.47 bits per heavy atom. The summed E-state index contributed by atoms with van der Waals surface area (Å²) in [5.74, 6) is -0.441. The third kappa shape index (κ3) is 3.05. The molecular formula is C14H20FNO. The third-order valence-electron chi connectivity index (χ3n) is 2.91. The molecular weight excluding hydrogens is 217 g/mol. The fourth-order valence-corrected chi connectivity index (χ4v) is 1.95. The monoisotopic (exact) mass is 237 g/mol. The number of rotatable bonds is 4. The van der Waals surface area contributed by atoms with Crippen LogP contribution in [0.1, 0.15) is 43.6 Å². The van der Waals surface area contributed by atoms with Crippen LogP contribution in [-0.2, 0) is 6.42 Å². The first-order chi connectivity index (χ1) is 8.01. The molecule has 0 aromatic heterocycles. The van der Waals surface area contributed by atoms with Crippen molar-refractivity contribution < 1.29 is 9.18 Å². The summed E-state index contributed by atoms with van der Waals surface area (Å²) in [6.45, 7) is 8.47. The van der Waals surface area contributed by atoms with Crippen molar-refractivity contribution in [3.8, 4) is 0 Å². The van der Waals surface area contributed by atoms with Crippen LogP contribution in [-0.4, -0.2) is 23.4 Å². The lowest BCUT2D eigenvalue weighted by Gasteiger charge is -2.26. The standard InChI is InChI=1S/C14H20FNO/c1-5-11-7-8-12(15)9-13(11)14(17)16(6-2)10(3)4/h7-10H,5-6H2,1-4H3. The lowest BCUT2D eigenvalue weighted by atomic mass is 10.0. The number of carbonyl (C=O) groups is 1. The van der Waals surface area contributed by atoms with Crippen molar-refractivity contribution in [2.75, 3.05) is 6.54 Å². The Labute approximate surface area is 102 Å². The molecule has 2 nitrogen and oxygen atoms in total. The van der Waals surface area contributed by atoms with Crippen molar-refractivity contribution in [1.29, 1.82) is 0 Å². The van der Waals surface area contributed by atoms with Gasteiger partial charge in [-0.15, -0.1) is 0 Å². The zero-order chi connectivity index (χ0) is 13.0. The Bertz CT molecular complexity index is 401. The molecule has 0 bridgehead atoms. The van der Waals surface area contributed by atoms with Crippen molar-refractivity contribution in [1.82, 2.24) is 4.90 Å². The highest BCUT2D eigenvalue weighted by molar-refractivity contribution is 5.95. The molecule has 1 amide bonds. The maximum atomic E-state index is 13.2. The van der Waals surface area contributed by atoms with Crippen molar-refractivity contribution in [3.63, 3.8) is 0 Å². The molecule has 0 aliphatic carbocycles. The minimum Gasteiger partial charge on any atom is -0.336 e. The first kappa shape index (κ1) is 13.7. The zero-order valence-electron chi connectivity index (χ0n) is 11.0. The van der Waals surface area contributed by atoms with Crippen LogP contribution in [0.2, 0.25) is 0 Å². The Kier molecular flexibility index (Phi) is 4.67. The topological polar surface area (TPSA) is 20.3 Å². The quantitative estimate of drug-likeness (QED) is 0.787. The van der Waals surface area contributed by atoms with E-state index >= 15 is 0 Å². The largest absolute Gasteiger partial charge is 0.336 e. The zero-order valence-corrected chi connectivity index (χ0v) is 11.0. The average Bonchev–Trinajstić information content (AvgIpc) is 2.29. The van der Waals surface area contributed by atoms with Crippen LogP contribution in [0.3, 0.4) is 0 Å². The third-order valence-corrected chi connectivity index (χ3v) is 2.91. The van der Waals surface area contributed by atoms with Crippen molar-refractivity contribution >= 4 is 5.91 Å². The van der Waals surface area contributed by atoms with E-state index in [1.54, 1.807) is 11.0 Å². The highest BCUT2D eigenvalue weighted by atomic mass is 19.1. The molecule has 0 aliphatic rings. The molecule has 3 heteroatoms. The fraction of sp³-hybridized carbons (Fsp3) is 0.500. The number of halogens is 1. The predicted molar refractivity (Wildman–Crippen MR) is 67.6 cm³/mol. The van der Waals surface area contributed by atoms with Gasteiger partial charge in [0.1, 0.15) is 5.82 Å². The summed E-state index contributed by atoms with van der Waals surface area (Å²) < 4.78 is 13.2. The Hall–Kier alpha value is -1.38. The fourth-order valence-electron chi connectivity index (χ4n) is 1.95. The summed E-state index contributed by atoms with van der Waals surface area (Å²) in [7, 11) is 0. The van der Waals surface area contributed by atoms with Crippen LogP contribution in [0.5, 0.6) is 0 Å². The number of benzene rings is 1. The first-order valence-corrected chi connectivity index (χ1v) is 6.10. The molecule has 0 spiro atoms. The Balaban J connectivity index is 3.13. The molecule has 17 heavy (non-hydrogen) atoms. The normalized spacial score (nSPS) is 10.7. The predicted octanol–water partition coefficient (Wildman–Crippen LogP) is 3.26. The second-order valence-corrected chi connectivity index (χ2v) is 4.34. The number of hydrogen-bond acceptors (Lipinski definition) is 1. The smallest absolute Gasteiger partial charge is 0.254 e. The van der Waals surface area contributed by atoms with Crippen LogP contribution in [0, 0.1) is 5.82 Å². The molecule has 0 fully saturated rings. The van der Waals surface area contributed by atoms with Crippen LogP contribution < -0.4 is 0 Å². The van der Waals surface area contributed by atoms with E-state index in [4.69, 9.17) is 0 Å². The summed E-state index contributed by atoms with van der Waals surface area (Å²) in [6, 6.07) is 4.56. The molecule has 0 saturated heterocycles. The van der Waals surface area contributed by atoms with E-state index in [2.05, 4.69) is 0 Å². The summed E-state index contributed by atoms with van der Waals surface area (Å²) in [4.78, 5) is 14.1. The second-order valence-electron chi connectivity index (χ2n) is 4.34. The molecule has 0 heterocycles. The van der Waals surface area contributed by atoms with Gasteiger partial charge in [-0.25, -0.2) is 4.39 Å². The minimum absolute atomic E-state index is 0.0844. The molecule has 0 saturated carbocycles. The van der Waals surface area contributed by atoms with Gasteiger partial charge in [-0.3, -0.25) is 4.79 Å². The Morgan fingerprint density at radius 1 is 1.35 bits per heavy atom. The van der Waals surface area contributed by atoms with Crippen molar-refractivity contribution in [2.24, 2.45) is 0 Å². The second kappa shape index (κ2) is 5.80. The number of amides is 1. The highest BCUT2D eigenvalue weighted by Gasteiger charge is 2.19. The molecule has 0 N–H and O–H groups in total. The molecule has 0 unspecified atom stereocenters. The Morgan fingerprint density at radius 2 is 2.00 bits per heavy atom. The SMILES string of the molecule is CCc1ccc(F)cc1C(=O)N(CC)C(C)C. The first-order valence-electron chi connectivity index (χ1n) is 6.10. The van der Waals surface area contributed by atoms with Gasteiger partial charge in [0, 0.05) is 18.2 Å². The summed E-state index contributed by atoms with van der Waals surface area (Å²) in [5.41, 5.74) is 1.39. The molecule has 1 rings (SSSR count). The van der Waals surface area contributed by atoms with E-state index in [1.807, 2.05) is 27.7 Å². The summed E-state index contributed by atoms with van der Waals surface area (Å²) in [5, 5.41) is 0. The lowest BCUT2D eigenvalue weighted by Crippen LogP contribution is -2.37. The van der Waals surface area contributed by atoms with E-state index in [0.717, 1.165) is 12.0 Å².